The maximum absolute atomic E-state index is 12.3. The number of benzene rings is 1. The van der Waals surface area contributed by atoms with Crippen LogP contribution < -0.4 is 5.32 Å². The van der Waals surface area contributed by atoms with Gasteiger partial charge in [0.1, 0.15) is 6.61 Å². The summed E-state index contributed by atoms with van der Waals surface area (Å²) < 4.78 is 4.89. The molecule has 0 fully saturated rings. The van der Waals surface area contributed by atoms with E-state index in [-0.39, 0.29) is 23.4 Å². The average molecular weight is 341 g/mol. The smallest absolute Gasteiger partial charge is 0.302 e. The first-order valence-electron chi connectivity index (χ1n) is 7.00. The quantitative estimate of drug-likeness (QED) is 0.836. The minimum absolute atomic E-state index is 0.0287. The van der Waals surface area contributed by atoms with Crippen LogP contribution in [0.1, 0.15) is 31.1 Å². The van der Waals surface area contributed by atoms with Gasteiger partial charge in [-0.1, -0.05) is 11.6 Å². The number of nitrogens with one attached hydrogen (secondary N) is 1. The number of rotatable bonds is 5. The second-order valence-corrected chi connectivity index (χ2v) is 6.42. The highest BCUT2D eigenvalue weighted by molar-refractivity contribution is 6.34. The Morgan fingerprint density at radius 2 is 1.87 bits per heavy atom. The lowest BCUT2D eigenvalue weighted by Gasteiger charge is -2.23. The maximum Gasteiger partial charge on any atom is 0.302 e. The summed E-state index contributed by atoms with van der Waals surface area (Å²) in [4.78, 5) is 36.5. The van der Waals surface area contributed by atoms with E-state index < -0.39 is 11.4 Å². The van der Waals surface area contributed by atoms with Crippen LogP contribution in [0.3, 0.4) is 0 Å². The molecule has 0 saturated carbocycles. The topological polar surface area (TPSA) is 75.7 Å². The van der Waals surface area contributed by atoms with Crippen molar-refractivity contribution in [1.82, 2.24) is 4.90 Å². The predicted molar refractivity (Wildman–Crippen MR) is 88.5 cm³/mol. The van der Waals surface area contributed by atoms with Gasteiger partial charge in [0, 0.05) is 26.7 Å². The monoisotopic (exact) mass is 340 g/mol. The molecular formula is C16H21ClN2O4. The lowest BCUT2D eigenvalue weighted by molar-refractivity contribution is -0.146. The number of amides is 2. The number of nitrogens with zero attached hydrogens (tertiary/aromatic N) is 1. The van der Waals surface area contributed by atoms with Gasteiger partial charge in [0.2, 0.25) is 5.91 Å². The van der Waals surface area contributed by atoms with E-state index in [0.717, 1.165) is 0 Å². The van der Waals surface area contributed by atoms with Crippen LogP contribution in [0, 0.1) is 5.41 Å². The summed E-state index contributed by atoms with van der Waals surface area (Å²) in [6, 6.07) is 4.67. The molecule has 0 bridgehead atoms. The minimum atomic E-state index is -0.893. The molecule has 0 atom stereocenters. The van der Waals surface area contributed by atoms with Crippen LogP contribution in [0.15, 0.2) is 18.2 Å². The average Bonchev–Trinajstić information content (AvgIpc) is 2.44. The highest BCUT2D eigenvalue weighted by atomic mass is 35.5. The van der Waals surface area contributed by atoms with Gasteiger partial charge in [-0.3, -0.25) is 14.4 Å². The van der Waals surface area contributed by atoms with E-state index in [2.05, 4.69) is 5.32 Å². The summed E-state index contributed by atoms with van der Waals surface area (Å²) in [5.41, 5.74) is -0.0731. The molecule has 1 N–H and O–H groups in total. The first-order valence-corrected chi connectivity index (χ1v) is 7.38. The van der Waals surface area contributed by atoms with Crippen LogP contribution >= 0.6 is 11.6 Å². The molecule has 0 unspecified atom stereocenters. The van der Waals surface area contributed by atoms with Gasteiger partial charge in [-0.15, -0.1) is 0 Å². The zero-order valence-electron chi connectivity index (χ0n) is 13.9. The van der Waals surface area contributed by atoms with Crippen molar-refractivity contribution in [2.45, 2.75) is 20.8 Å². The fraction of sp³-hybridized carbons (Fsp3) is 0.438. The molecule has 6 nitrogen and oxygen atoms in total. The van der Waals surface area contributed by atoms with Crippen LogP contribution in [-0.2, 0) is 14.3 Å². The van der Waals surface area contributed by atoms with Gasteiger partial charge in [0.25, 0.3) is 5.91 Å². The second-order valence-electron chi connectivity index (χ2n) is 6.01. The Bertz CT molecular complexity index is 627. The Morgan fingerprint density at radius 3 is 2.35 bits per heavy atom. The molecule has 1 rings (SSSR count). The van der Waals surface area contributed by atoms with E-state index in [1.54, 1.807) is 40.1 Å². The van der Waals surface area contributed by atoms with E-state index in [1.165, 1.54) is 17.9 Å². The zero-order chi connectivity index (χ0) is 17.8. The van der Waals surface area contributed by atoms with E-state index in [1.807, 2.05) is 0 Å². The first kappa shape index (κ1) is 19.0. The van der Waals surface area contributed by atoms with E-state index >= 15 is 0 Å². The Hall–Kier alpha value is -2.08. The van der Waals surface area contributed by atoms with Crippen molar-refractivity contribution in [3.05, 3.63) is 28.8 Å². The summed E-state index contributed by atoms with van der Waals surface area (Å²) in [6.45, 7) is 4.58. The molecule has 0 aromatic heterocycles. The fourth-order valence-corrected chi connectivity index (χ4v) is 1.92. The summed E-state index contributed by atoms with van der Waals surface area (Å²) >= 11 is 6.10. The van der Waals surface area contributed by atoms with Crippen LogP contribution in [-0.4, -0.2) is 43.4 Å². The van der Waals surface area contributed by atoms with Crippen molar-refractivity contribution >= 4 is 35.1 Å². The lowest BCUT2D eigenvalue weighted by atomic mass is 9.93. The lowest BCUT2D eigenvalue weighted by Crippen LogP contribution is -2.35. The highest BCUT2D eigenvalue weighted by Gasteiger charge is 2.29. The van der Waals surface area contributed by atoms with E-state index in [0.29, 0.717) is 11.3 Å². The van der Waals surface area contributed by atoms with Gasteiger partial charge in [0.05, 0.1) is 16.0 Å². The van der Waals surface area contributed by atoms with Crippen molar-refractivity contribution in [2.24, 2.45) is 5.41 Å². The van der Waals surface area contributed by atoms with E-state index in [9.17, 15) is 14.4 Å². The van der Waals surface area contributed by atoms with Crippen LogP contribution in [0.4, 0.5) is 5.69 Å². The third-order valence-electron chi connectivity index (χ3n) is 3.11. The number of carbonyl (C=O) groups excluding carboxylic acids is 3. The molecule has 0 heterocycles. The molecule has 23 heavy (non-hydrogen) atoms. The maximum atomic E-state index is 12.3. The predicted octanol–water partition coefficient (Wildman–Crippen LogP) is 2.57. The van der Waals surface area contributed by atoms with Gasteiger partial charge in [-0.25, -0.2) is 0 Å². The molecule has 2 amide bonds. The second kappa shape index (κ2) is 7.46. The third kappa shape index (κ3) is 5.25. The number of esters is 1. The third-order valence-corrected chi connectivity index (χ3v) is 3.43. The first-order chi connectivity index (χ1) is 10.5. The molecule has 0 aliphatic rings. The molecule has 0 aliphatic heterocycles. The molecule has 7 heteroatoms. The van der Waals surface area contributed by atoms with Gasteiger partial charge < -0.3 is 15.0 Å². The Kier molecular flexibility index (Phi) is 6.15. The zero-order valence-corrected chi connectivity index (χ0v) is 14.7. The Labute approximate surface area is 140 Å². The van der Waals surface area contributed by atoms with Crippen molar-refractivity contribution in [1.29, 1.82) is 0 Å². The number of ether oxygens (including phenoxy) is 1. The molecular weight excluding hydrogens is 320 g/mol. The largest absolute Gasteiger partial charge is 0.465 e. The Morgan fingerprint density at radius 1 is 1.26 bits per heavy atom. The molecule has 1 aromatic rings. The van der Waals surface area contributed by atoms with Crippen LogP contribution in [0.2, 0.25) is 5.02 Å². The van der Waals surface area contributed by atoms with Crippen molar-refractivity contribution in [3.8, 4) is 0 Å². The van der Waals surface area contributed by atoms with Crippen molar-refractivity contribution < 1.29 is 19.1 Å². The molecule has 0 aliphatic carbocycles. The molecule has 0 spiro atoms. The van der Waals surface area contributed by atoms with Gasteiger partial charge in [0.15, 0.2) is 0 Å². The van der Waals surface area contributed by atoms with Crippen LogP contribution in [0.5, 0.6) is 0 Å². The molecule has 126 valence electrons. The number of hydrogen-bond acceptors (Lipinski definition) is 4. The number of carbonyl (C=O) groups is 3. The summed E-state index contributed by atoms with van der Waals surface area (Å²) in [7, 11) is 3.26. The van der Waals surface area contributed by atoms with E-state index in [4.69, 9.17) is 16.3 Å². The summed E-state index contributed by atoms with van der Waals surface area (Å²) in [5.74, 6) is -0.981. The SMILES string of the molecule is CC(=O)OCC(C)(C)C(=O)Nc1ccc(C(=O)N(C)C)c(Cl)c1. The van der Waals surface area contributed by atoms with Gasteiger partial charge >= 0.3 is 5.97 Å². The number of anilines is 1. The minimum Gasteiger partial charge on any atom is -0.465 e. The van der Waals surface area contributed by atoms with Crippen molar-refractivity contribution in [2.75, 3.05) is 26.0 Å². The van der Waals surface area contributed by atoms with Crippen LogP contribution in [0.25, 0.3) is 0 Å². The molecule has 1 aromatic carbocycles. The summed E-state index contributed by atoms with van der Waals surface area (Å²) in [5, 5.41) is 2.95. The Balaban J connectivity index is 2.85. The fourth-order valence-electron chi connectivity index (χ4n) is 1.66. The molecule has 0 saturated heterocycles. The highest BCUT2D eigenvalue weighted by Crippen LogP contribution is 2.24. The summed E-state index contributed by atoms with van der Waals surface area (Å²) in [6.07, 6.45) is 0. The van der Waals surface area contributed by atoms with Gasteiger partial charge in [-0.05, 0) is 32.0 Å². The van der Waals surface area contributed by atoms with Crippen molar-refractivity contribution in [3.63, 3.8) is 0 Å². The normalized spacial score (nSPS) is 10.9. The molecule has 0 radical (unpaired) electrons. The van der Waals surface area contributed by atoms with Gasteiger partial charge in [-0.2, -0.15) is 0 Å². The number of hydrogen-bond donors (Lipinski definition) is 1. The standard InChI is InChI=1S/C16H21ClN2O4/c1-10(20)23-9-16(2,3)15(22)18-11-6-7-12(13(17)8-11)14(21)19(4)5/h6-8H,9H2,1-5H3,(H,18,22). The number of halogens is 1.